The number of nitrogens with zero attached hydrogens (tertiary/aromatic N) is 5. The van der Waals surface area contributed by atoms with Gasteiger partial charge in [0.15, 0.2) is 0 Å². The van der Waals surface area contributed by atoms with E-state index >= 15 is 0 Å². The van der Waals surface area contributed by atoms with E-state index in [1.807, 2.05) is 0 Å². The van der Waals surface area contributed by atoms with Crippen molar-refractivity contribution in [1.29, 1.82) is 0 Å². The van der Waals surface area contributed by atoms with Crippen LogP contribution in [-0.2, 0) is 6.42 Å². The van der Waals surface area contributed by atoms with E-state index in [1.54, 1.807) is 4.90 Å². The molecule has 0 aliphatic carbocycles. The zero-order valence-corrected chi connectivity index (χ0v) is 18.4. The van der Waals surface area contributed by atoms with Crippen LogP contribution in [0.15, 0.2) is 42.5 Å². The van der Waals surface area contributed by atoms with Gasteiger partial charge in [0, 0.05) is 55.8 Å². The van der Waals surface area contributed by atoms with Gasteiger partial charge in [0.1, 0.15) is 10.8 Å². The van der Waals surface area contributed by atoms with Crippen LogP contribution in [0.2, 0.25) is 5.02 Å². The van der Waals surface area contributed by atoms with Crippen LogP contribution in [-0.4, -0.2) is 51.3 Å². The van der Waals surface area contributed by atoms with Crippen LogP contribution in [0.5, 0.6) is 0 Å². The number of carbonyl (C=O) groups is 1. The molecule has 0 unspecified atom stereocenters. The lowest BCUT2D eigenvalue weighted by molar-refractivity contribution is -0.384. The lowest BCUT2D eigenvalue weighted by atomic mass is 10.1. The van der Waals surface area contributed by atoms with Crippen LogP contribution < -0.4 is 4.90 Å². The first-order valence-electron chi connectivity index (χ1n) is 9.77. The molecule has 4 rings (SSSR count). The van der Waals surface area contributed by atoms with Gasteiger partial charge in [0.25, 0.3) is 11.6 Å². The van der Waals surface area contributed by atoms with Crippen LogP contribution in [0.1, 0.15) is 27.3 Å². The number of rotatable bonds is 5. The summed E-state index contributed by atoms with van der Waals surface area (Å²) >= 11 is 7.21. The topological polar surface area (TPSA) is 92.5 Å². The summed E-state index contributed by atoms with van der Waals surface area (Å²) in [5, 5.41) is 11.9. The highest BCUT2D eigenvalue weighted by atomic mass is 35.5. The number of halogens is 1. The molecule has 1 amide bonds. The SMILES string of the molecule is Cc1ccc(Cc2nsc(N3CCN(C(=O)c4ccc(Cl)c([N+](=O)[O-])c4)CC3)n2)cc1. The predicted molar refractivity (Wildman–Crippen MR) is 120 cm³/mol. The number of carbonyl (C=O) groups excluding carboxylic acids is 1. The molecule has 10 heteroatoms. The van der Waals surface area contributed by atoms with Gasteiger partial charge < -0.3 is 9.80 Å². The Morgan fingerprint density at radius 1 is 1.16 bits per heavy atom. The average Bonchev–Trinajstić information content (AvgIpc) is 3.23. The lowest BCUT2D eigenvalue weighted by Gasteiger charge is -2.34. The molecule has 0 N–H and O–H groups in total. The number of hydrogen-bond donors (Lipinski definition) is 0. The van der Waals surface area contributed by atoms with Crippen molar-refractivity contribution in [3.8, 4) is 0 Å². The Hall–Kier alpha value is -3.04. The smallest absolute Gasteiger partial charge is 0.288 e. The third kappa shape index (κ3) is 4.83. The molecule has 2 heterocycles. The Morgan fingerprint density at radius 2 is 1.87 bits per heavy atom. The third-order valence-corrected chi connectivity index (χ3v) is 6.30. The molecule has 1 aliphatic rings. The Balaban J connectivity index is 1.37. The van der Waals surface area contributed by atoms with E-state index in [2.05, 4.69) is 45.4 Å². The standard InChI is InChI=1S/C21H20ClN5O3S/c1-14-2-4-15(5-3-14)12-19-23-21(31-24-19)26-10-8-25(9-11-26)20(28)16-6-7-17(22)18(13-16)27(29)30/h2-7,13H,8-12H2,1H3. The van der Waals surface area contributed by atoms with Crippen molar-refractivity contribution >= 4 is 39.9 Å². The van der Waals surface area contributed by atoms with Crippen LogP contribution >= 0.6 is 23.1 Å². The summed E-state index contributed by atoms with van der Waals surface area (Å²) in [6, 6.07) is 12.5. The monoisotopic (exact) mass is 457 g/mol. The molecule has 1 fully saturated rings. The second kappa shape index (κ2) is 8.99. The summed E-state index contributed by atoms with van der Waals surface area (Å²) in [6.45, 7) is 4.31. The first-order chi connectivity index (χ1) is 14.9. The van der Waals surface area contributed by atoms with Gasteiger partial charge in [-0.2, -0.15) is 4.37 Å². The van der Waals surface area contributed by atoms with Crippen molar-refractivity contribution in [2.75, 3.05) is 31.1 Å². The number of benzene rings is 2. The molecule has 0 radical (unpaired) electrons. The van der Waals surface area contributed by atoms with Crippen molar-refractivity contribution in [2.45, 2.75) is 13.3 Å². The van der Waals surface area contributed by atoms with E-state index < -0.39 is 4.92 Å². The number of anilines is 1. The molecular formula is C21H20ClN5O3S. The summed E-state index contributed by atoms with van der Waals surface area (Å²) in [4.78, 5) is 31.7. The zero-order chi connectivity index (χ0) is 22.0. The first kappa shape index (κ1) is 21.2. The highest BCUT2D eigenvalue weighted by Crippen LogP contribution is 2.26. The van der Waals surface area contributed by atoms with Crippen molar-refractivity contribution < 1.29 is 9.72 Å². The Morgan fingerprint density at radius 3 is 2.55 bits per heavy atom. The van der Waals surface area contributed by atoms with Gasteiger partial charge >= 0.3 is 0 Å². The lowest BCUT2D eigenvalue weighted by Crippen LogP contribution is -2.48. The number of piperazine rings is 1. The normalized spacial score (nSPS) is 14.0. The highest BCUT2D eigenvalue weighted by molar-refractivity contribution is 7.09. The van der Waals surface area contributed by atoms with E-state index in [-0.39, 0.29) is 22.2 Å². The van der Waals surface area contributed by atoms with Crippen LogP contribution in [0.25, 0.3) is 0 Å². The van der Waals surface area contributed by atoms with Gasteiger partial charge in [-0.1, -0.05) is 41.4 Å². The molecule has 0 saturated carbocycles. The van der Waals surface area contributed by atoms with Crippen molar-refractivity contribution in [3.63, 3.8) is 0 Å². The number of nitro benzene ring substituents is 1. The summed E-state index contributed by atoms with van der Waals surface area (Å²) in [7, 11) is 0. The summed E-state index contributed by atoms with van der Waals surface area (Å²) in [6.07, 6.45) is 0.685. The van der Waals surface area contributed by atoms with Gasteiger partial charge in [0.05, 0.1) is 4.92 Å². The fourth-order valence-electron chi connectivity index (χ4n) is 3.40. The Labute approximate surface area is 188 Å². The van der Waals surface area contributed by atoms with Crippen LogP contribution in [0.4, 0.5) is 10.8 Å². The zero-order valence-electron chi connectivity index (χ0n) is 16.8. The van der Waals surface area contributed by atoms with E-state index in [0.29, 0.717) is 32.6 Å². The second-order valence-corrected chi connectivity index (χ2v) is 8.50. The maximum Gasteiger partial charge on any atom is 0.288 e. The molecule has 1 aliphatic heterocycles. The molecule has 160 valence electrons. The molecule has 1 aromatic heterocycles. The highest BCUT2D eigenvalue weighted by Gasteiger charge is 2.25. The van der Waals surface area contributed by atoms with E-state index in [9.17, 15) is 14.9 Å². The molecule has 0 atom stereocenters. The number of aromatic nitrogens is 2. The van der Waals surface area contributed by atoms with Gasteiger partial charge in [-0.3, -0.25) is 14.9 Å². The number of nitro groups is 1. The maximum atomic E-state index is 12.8. The van der Waals surface area contributed by atoms with Gasteiger partial charge in [-0.15, -0.1) is 0 Å². The van der Waals surface area contributed by atoms with Gasteiger partial charge in [-0.05, 0) is 24.6 Å². The Bertz CT molecular complexity index is 1110. The fraction of sp³-hybridized carbons (Fsp3) is 0.286. The second-order valence-electron chi connectivity index (χ2n) is 7.36. The van der Waals surface area contributed by atoms with Gasteiger partial charge in [0.2, 0.25) is 5.13 Å². The van der Waals surface area contributed by atoms with Gasteiger partial charge in [-0.25, -0.2) is 4.98 Å². The minimum Gasteiger partial charge on any atom is -0.343 e. The van der Waals surface area contributed by atoms with Crippen molar-refractivity contribution in [2.24, 2.45) is 0 Å². The molecule has 31 heavy (non-hydrogen) atoms. The number of aryl methyl sites for hydroxylation is 1. The number of hydrogen-bond acceptors (Lipinski definition) is 7. The number of amides is 1. The quantitative estimate of drug-likeness (QED) is 0.425. The van der Waals surface area contributed by atoms with E-state index in [0.717, 1.165) is 11.0 Å². The van der Waals surface area contributed by atoms with E-state index in [4.69, 9.17) is 11.6 Å². The van der Waals surface area contributed by atoms with Crippen LogP contribution in [0.3, 0.4) is 0 Å². The average molecular weight is 458 g/mol. The van der Waals surface area contributed by atoms with Crippen LogP contribution in [0, 0.1) is 17.0 Å². The molecule has 8 nitrogen and oxygen atoms in total. The first-order valence-corrected chi connectivity index (χ1v) is 10.9. The Kier molecular flexibility index (Phi) is 6.15. The fourth-order valence-corrected chi connectivity index (χ4v) is 4.33. The maximum absolute atomic E-state index is 12.8. The largest absolute Gasteiger partial charge is 0.343 e. The predicted octanol–water partition coefficient (Wildman–Crippen LogP) is 3.96. The minimum atomic E-state index is -0.583. The molecule has 0 bridgehead atoms. The van der Waals surface area contributed by atoms with E-state index in [1.165, 1.54) is 40.9 Å². The third-order valence-electron chi connectivity index (χ3n) is 5.17. The summed E-state index contributed by atoms with van der Waals surface area (Å²) in [5.41, 5.74) is 2.39. The molecule has 3 aromatic rings. The van der Waals surface area contributed by atoms with Crippen molar-refractivity contribution in [1.82, 2.24) is 14.3 Å². The van der Waals surface area contributed by atoms with Crippen molar-refractivity contribution in [3.05, 3.63) is 80.1 Å². The minimum absolute atomic E-state index is 0.0177. The molecule has 0 spiro atoms. The molecular weight excluding hydrogens is 438 g/mol. The molecule has 1 saturated heterocycles. The summed E-state index contributed by atoms with van der Waals surface area (Å²) in [5.74, 6) is 0.549. The molecule has 2 aromatic carbocycles. The summed E-state index contributed by atoms with van der Waals surface area (Å²) < 4.78 is 4.48.